The van der Waals surface area contributed by atoms with E-state index in [1.54, 1.807) is 0 Å². The molecule has 2 aromatic carbocycles. The number of benzene rings is 2. The van der Waals surface area contributed by atoms with Gasteiger partial charge in [-0.05, 0) is 32.0 Å². The van der Waals surface area contributed by atoms with Gasteiger partial charge in [0.05, 0.1) is 18.8 Å². The minimum atomic E-state index is -2.09. The van der Waals surface area contributed by atoms with Crippen molar-refractivity contribution in [3.63, 3.8) is 0 Å². The summed E-state index contributed by atoms with van der Waals surface area (Å²) in [6.07, 6.45) is -25.1. The van der Waals surface area contributed by atoms with Crippen LogP contribution in [0.1, 0.15) is 13.8 Å². The number of aliphatic hydroxyl groups excluding tert-OH is 8. The van der Waals surface area contributed by atoms with E-state index in [4.69, 9.17) is 32.8 Å². The third kappa shape index (κ3) is 7.34. The second-order valence-electron chi connectivity index (χ2n) is 13.1. The van der Waals surface area contributed by atoms with Crippen molar-refractivity contribution in [2.24, 2.45) is 0 Å². The number of phenolic OH excluding ortho intramolecular Hbond substituents is 4. The van der Waals surface area contributed by atoms with Gasteiger partial charge in [-0.3, -0.25) is 4.79 Å². The van der Waals surface area contributed by atoms with E-state index in [-0.39, 0.29) is 11.1 Å². The maximum atomic E-state index is 14.0. The molecule has 1 aromatic heterocycles. The summed E-state index contributed by atoms with van der Waals surface area (Å²) < 4.78 is 39.8. The van der Waals surface area contributed by atoms with Crippen molar-refractivity contribution in [3.05, 3.63) is 40.6 Å². The molecule has 0 aliphatic carbocycles. The molecule has 53 heavy (non-hydrogen) atoms. The van der Waals surface area contributed by atoms with Crippen molar-refractivity contribution >= 4 is 11.0 Å². The highest BCUT2D eigenvalue weighted by molar-refractivity contribution is 5.88. The monoisotopic (exact) mass is 756 g/mol. The Bertz CT molecular complexity index is 1830. The standard InChI is InChI=1S/C33H40O20/c1-9-19(38)23(42)25(44)31(48-9)47-8-17-21(40)29(52-32-26(45)24(43)20(39)10(2)49-32)27(46)33(51-17)53-30-22(41)18-15(37)6-12(34)7-16(18)50-28(30)11-3-4-13(35)14(36)5-11/h3-7,9-10,17,19-21,23-27,29,31-40,42-46H,8H2,1-2H3/t9-,10-,17+,19-,20-,21+,23+,24+,25-,26-,27+,29-,31-,32-,33-/m0/s1. The van der Waals surface area contributed by atoms with E-state index in [1.807, 2.05) is 0 Å². The molecule has 0 saturated carbocycles. The Kier molecular flexibility index (Phi) is 11.1. The lowest BCUT2D eigenvalue weighted by Gasteiger charge is -2.46. The first-order chi connectivity index (χ1) is 25.0. The lowest BCUT2D eigenvalue weighted by atomic mass is 9.97. The summed E-state index contributed by atoms with van der Waals surface area (Å²) in [6, 6.07) is 5.10. The molecule has 292 valence electrons. The first-order valence-electron chi connectivity index (χ1n) is 16.4. The van der Waals surface area contributed by atoms with Gasteiger partial charge in [0, 0.05) is 17.7 Å². The lowest BCUT2D eigenvalue weighted by Crippen LogP contribution is -2.65. The van der Waals surface area contributed by atoms with Crippen molar-refractivity contribution in [3.8, 4) is 40.1 Å². The normalized spacial score (nSPS) is 37.8. The topological polar surface area (TPSA) is 328 Å². The zero-order chi connectivity index (χ0) is 38.6. The fourth-order valence-corrected chi connectivity index (χ4v) is 6.27. The maximum Gasteiger partial charge on any atom is 0.239 e. The minimum absolute atomic E-state index is 0.0892. The predicted molar refractivity (Wildman–Crippen MR) is 171 cm³/mol. The number of aliphatic hydroxyl groups is 8. The van der Waals surface area contributed by atoms with E-state index in [1.165, 1.54) is 19.9 Å². The van der Waals surface area contributed by atoms with E-state index in [9.17, 15) is 66.1 Å². The number of rotatable bonds is 8. The van der Waals surface area contributed by atoms with Gasteiger partial charge in [0.1, 0.15) is 83.5 Å². The van der Waals surface area contributed by atoms with Crippen molar-refractivity contribution < 1.29 is 94.1 Å². The zero-order valence-corrected chi connectivity index (χ0v) is 27.9. The van der Waals surface area contributed by atoms with Crippen LogP contribution in [0.3, 0.4) is 0 Å². The van der Waals surface area contributed by atoms with Crippen molar-refractivity contribution in [2.45, 2.75) is 106 Å². The van der Waals surface area contributed by atoms with Crippen molar-refractivity contribution in [1.82, 2.24) is 0 Å². The van der Waals surface area contributed by atoms with Crippen LogP contribution in [0.2, 0.25) is 0 Å². The second-order valence-corrected chi connectivity index (χ2v) is 13.1. The van der Waals surface area contributed by atoms with E-state index in [2.05, 4.69) is 0 Å². The molecule has 0 unspecified atom stereocenters. The Hall–Kier alpha value is -3.87. The summed E-state index contributed by atoms with van der Waals surface area (Å²) in [6.45, 7) is 2.05. The number of aromatic hydroxyl groups is 4. The molecule has 3 fully saturated rings. The van der Waals surface area contributed by atoms with Crippen LogP contribution in [0.15, 0.2) is 39.5 Å². The van der Waals surface area contributed by atoms with Gasteiger partial charge in [0.25, 0.3) is 0 Å². The Morgan fingerprint density at radius 1 is 0.642 bits per heavy atom. The second kappa shape index (κ2) is 15.1. The molecule has 20 nitrogen and oxygen atoms in total. The van der Waals surface area contributed by atoms with Crippen LogP contribution in [-0.4, -0.2) is 160 Å². The SMILES string of the molecule is C[C@@H]1O[C@@H](O[C@@H]2[C@@H](O)[C@H](Oc3c(-c4ccc(O)c(O)c4)oc4cc(O)cc(O)c4c3=O)O[C@H](CO[C@H]3O[C@@H](C)[C@H](O)[C@@H](O)[C@@H]3O)[C@H]2O)[C@@H](O)[C@H](O)[C@H]1O. The van der Waals surface area contributed by atoms with Crippen LogP contribution in [0, 0.1) is 0 Å². The van der Waals surface area contributed by atoms with E-state index < -0.39 is 144 Å². The zero-order valence-electron chi connectivity index (χ0n) is 27.9. The molecule has 0 radical (unpaired) electrons. The van der Waals surface area contributed by atoms with Crippen LogP contribution in [-0.2, 0) is 23.7 Å². The molecule has 0 spiro atoms. The predicted octanol–water partition coefficient (Wildman–Crippen LogP) is -2.84. The smallest absolute Gasteiger partial charge is 0.239 e. The van der Waals surface area contributed by atoms with Gasteiger partial charge in [0.2, 0.25) is 17.5 Å². The van der Waals surface area contributed by atoms with Crippen LogP contribution in [0.5, 0.6) is 28.7 Å². The Morgan fingerprint density at radius 2 is 1.26 bits per heavy atom. The Balaban J connectivity index is 1.38. The molecule has 0 bridgehead atoms. The number of phenols is 4. The molecule has 3 aliphatic heterocycles. The highest BCUT2D eigenvalue weighted by Crippen LogP contribution is 2.40. The summed E-state index contributed by atoms with van der Waals surface area (Å²) in [5, 5.41) is 125. The molecule has 0 amide bonds. The molecular weight excluding hydrogens is 716 g/mol. The van der Waals surface area contributed by atoms with E-state index in [0.717, 1.165) is 24.3 Å². The van der Waals surface area contributed by atoms with Gasteiger partial charge >= 0.3 is 0 Å². The van der Waals surface area contributed by atoms with Crippen LogP contribution >= 0.6 is 0 Å². The third-order valence-corrected chi connectivity index (χ3v) is 9.36. The Morgan fingerprint density at radius 3 is 1.91 bits per heavy atom. The molecular formula is C33H40O20. The van der Waals surface area contributed by atoms with Crippen LogP contribution in [0.4, 0.5) is 0 Å². The number of ether oxygens (including phenoxy) is 6. The van der Waals surface area contributed by atoms with Gasteiger partial charge in [-0.2, -0.15) is 0 Å². The summed E-state index contributed by atoms with van der Waals surface area (Å²) in [5.41, 5.74) is -1.52. The number of fused-ring (bicyclic) bond motifs is 1. The molecule has 12 N–H and O–H groups in total. The molecule has 15 atom stereocenters. The lowest BCUT2D eigenvalue weighted by molar-refractivity contribution is -0.355. The molecule has 3 aliphatic rings. The summed E-state index contributed by atoms with van der Waals surface area (Å²) in [5.74, 6) is -3.65. The van der Waals surface area contributed by atoms with Crippen LogP contribution in [0.25, 0.3) is 22.3 Å². The van der Waals surface area contributed by atoms with Crippen molar-refractivity contribution in [1.29, 1.82) is 0 Å². The van der Waals surface area contributed by atoms with Gasteiger partial charge in [-0.25, -0.2) is 0 Å². The molecule has 20 heteroatoms. The fourth-order valence-electron chi connectivity index (χ4n) is 6.27. The minimum Gasteiger partial charge on any atom is -0.508 e. The van der Waals surface area contributed by atoms with Crippen LogP contribution < -0.4 is 10.2 Å². The van der Waals surface area contributed by atoms with Gasteiger partial charge < -0.3 is 94.1 Å². The molecule has 3 saturated heterocycles. The highest BCUT2D eigenvalue weighted by Gasteiger charge is 2.52. The first kappa shape index (κ1) is 38.8. The Labute approximate surface area is 298 Å². The quantitative estimate of drug-likeness (QED) is 0.103. The average Bonchev–Trinajstić information content (AvgIpc) is 3.11. The highest BCUT2D eigenvalue weighted by atomic mass is 16.7. The van der Waals surface area contributed by atoms with Gasteiger partial charge in [-0.15, -0.1) is 0 Å². The summed E-state index contributed by atoms with van der Waals surface area (Å²) in [4.78, 5) is 14.0. The van der Waals surface area contributed by atoms with Gasteiger partial charge in [-0.1, -0.05) is 0 Å². The van der Waals surface area contributed by atoms with Gasteiger partial charge in [0.15, 0.2) is 29.8 Å². The fraction of sp³-hybridized carbons (Fsp3) is 0.545. The maximum absolute atomic E-state index is 14.0. The first-order valence-corrected chi connectivity index (χ1v) is 16.4. The van der Waals surface area contributed by atoms with E-state index >= 15 is 0 Å². The summed E-state index contributed by atoms with van der Waals surface area (Å²) in [7, 11) is 0. The number of hydrogen-bond donors (Lipinski definition) is 12. The largest absolute Gasteiger partial charge is 0.508 e. The molecule has 6 rings (SSSR count). The molecule has 3 aromatic rings. The van der Waals surface area contributed by atoms with Crippen molar-refractivity contribution in [2.75, 3.05) is 6.61 Å². The molecule has 4 heterocycles. The van der Waals surface area contributed by atoms with E-state index in [0.29, 0.717) is 0 Å². The average molecular weight is 757 g/mol. The summed E-state index contributed by atoms with van der Waals surface area (Å²) >= 11 is 0. The third-order valence-electron chi connectivity index (χ3n) is 9.36. The number of hydrogen-bond acceptors (Lipinski definition) is 20.